The van der Waals surface area contributed by atoms with Crippen LogP contribution >= 0.6 is 23.2 Å². The van der Waals surface area contributed by atoms with Crippen molar-refractivity contribution in [3.05, 3.63) is 46.1 Å². The molecule has 2 aliphatic rings. The first kappa shape index (κ1) is 27.0. The van der Waals surface area contributed by atoms with Gasteiger partial charge < -0.3 is 24.6 Å². The second-order valence-electron chi connectivity index (χ2n) is 9.17. The van der Waals surface area contributed by atoms with Crippen molar-refractivity contribution in [1.29, 1.82) is 0 Å². The Labute approximate surface area is 227 Å². The molecule has 0 bridgehead atoms. The molecule has 1 atom stereocenters. The number of carbonyl (C=O) groups is 1. The second kappa shape index (κ2) is 11.2. The maximum Gasteiger partial charge on any atom is 0.246 e. The van der Waals surface area contributed by atoms with Crippen molar-refractivity contribution in [2.75, 3.05) is 64.7 Å². The molecular weight excluding hydrogens is 515 g/mol. The number of ether oxygens (including phenoxy) is 2. The molecule has 4 rings (SSSR count). The van der Waals surface area contributed by atoms with Crippen LogP contribution in [0.1, 0.15) is 18.1 Å². The molecule has 11 heteroatoms. The summed E-state index contributed by atoms with van der Waals surface area (Å²) in [5.74, 6) is 2.29. The van der Waals surface area contributed by atoms with Crippen LogP contribution in [0.4, 0.5) is 11.8 Å². The predicted octanol–water partition coefficient (Wildman–Crippen LogP) is 3.92. The molecule has 9 nitrogen and oxygen atoms in total. The maximum atomic E-state index is 11.9. The standard InChI is InChI=1S/C26H32Cl2N6O3/c1-7-21(35)33-13-18(14-33)32(4)15(2)11-34-12-17(8-16-10-30-26(29-3)31-25(16)34)22-23(27)19(36-5)9-20(37-6)24(22)28/h7-10,15,18H,1,11-14H2,2-6H3,(H,29,30,31)/t15-/m0/s1. The Bertz CT molecular complexity index is 1200. The van der Waals surface area contributed by atoms with E-state index in [1.165, 1.54) is 6.08 Å². The number of nitrogens with one attached hydrogen (secondary N) is 1. The van der Waals surface area contributed by atoms with Crippen molar-refractivity contribution in [2.24, 2.45) is 0 Å². The molecule has 198 valence electrons. The monoisotopic (exact) mass is 546 g/mol. The minimum atomic E-state index is -0.0317. The molecule has 1 aromatic heterocycles. The maximum absolute atomic E-state index is 11.9. The van der Waals surface area contributed by atoms with Crippen LogP contribution in [-0.4, -0.2) is 92.3 Å². The number of rotatable bonds is 9. The topological polar surface area (TPSA) is 83.1 Å². The largest absolute Gasteiger partial charge is 0.495 e. The first-order valence-corrected chi connectivity index (χ1v) is 12.7. The van der Waals surface area contributed by atoms with Crippen molar-refractivity contribution in [3.8, 4) is 11.5 Å². The number of hydrogen-bond acceptors (Lipinski definition) is 8. The molecule has 2 aliphatic heterocycles. The minimum Gasteiger partial charge on any atom is -0.495 e. The summed E-state index contributed by atoms with van der Waals surface area (Å²) in [6.45, 7) is 8.33. The van der Waals surface area contributed by atoms with E-state index in [9.17, 15) is 4.79 Å². The fourth-order valence-electron chi connectivity index (χ4n) is 4.67. The molecule has 1 amide bonds. The van der Waals surface area contributed by atoms with E-state index in [0.717, 1.165) is 17.0 Å². The van der Waals surface area contributed by atoms with Gasteiger partial charge in [0.25, 0.3) is 0 Å². The molecule has 1 fully saturated rings. The Morgan fingerprint density at radius 3 is 2.51 bits per heavy atom. The SMILES string of the molecule is C=CC(=O)N1CC(N(C)[C@@H](C)CN2CC(c3c(Cl)c(OC)cc(OC)c3Cl)=Cc3cnc(NC)nc32)C1. The lowest BCUT2D eigenvalue weighted by Gasteiger charge is -2.46. The molecule has 3 heterocycles. The van der Waals surface area contributed by atoms with Crippen molar-refractivity contribution < 1.29 is 14.3 Å². The number of aromatic nitrogens is 2. The summed E-state index contributed by atoms with van der Waals surface area (Å²) < 4.78 is 11.0. The average molecular weight is 547 g/mol. The summed E-state index contributed by atoms with van der Waals surface area (Å²) in [7, 11) is 7.00. The molecule has 1 N–H and O–H groups in total. The summed E-state index contributed by atoms with van der Waals surface area (Å²) in [6.07, 6.45) is 5.16. The summed E-state index contributed by atoms with van der Waals surface area (Å²) in [5, 5.41) is 3.86. The van der Waals surface area contributed by atoms with E-state index in [1.807, 2.05) is 6.08 Å². The number of carbonyl (C=O) groups excluding carboxylic acids is 1. The fourth-order valence-corrected chi connectivity index (χ4v) is 5.41. The Hall–Kier alpha value is -3.01. The third-order valence-electron chi connectivity index (χ3n) is 7.01. The highest BCUT2D eigenvalue weighted by Crippen LogP contribution is 2.46. The van der Waals surface area contributed by atoms with Crippen molar-refractivity contribution in [2.45, 2.75) is 19.0 Å². The highest BCUT2D eigenvalue weighted by molar-refractivity contribution is 6.39. The van der Waals surface area contributed by atoms with Gasteiger partial charge in [-0.2, -0.15) is 4.98 Å². The van der Waals surface area contributed by atoms with E-state index in [0.29, 0.717) is 59.2 Å². The Balaban J connectivity index is 1.66. The van der Waals surface area contributed by atoms with Crippen molar-refractivity contribution in [1.82, 2.24) is 19.8 Å². The average Bonchev–Trinajstić information content (AvgIpc) is 2.87. The van der Waals surface area contributed by atoms with Crippen molar-refractivity contribution >= 4 is 52.5 Å². The number of benzene rings is 1. The van der Waals surface area contributed by atoms with Crippen LogP contribution in [0, 0.1) is 0 Å². The molecule has 1 saturated heterocycles. The van der Waals surface area contributed by atoms with Gasteiger partial charge in [0.1, 0.15) is 17.3 Å². The number of nitrogens with zero attached hydrogens (tertiary/aromatic N) is 5. The smallest absolute Gasteiger partial charge is 0.246 e. The number of amides is 1. The van der Waals surface area contributed by atoms with Gasteiger partial charge in [-0.3, -0.25) is 9.69 Å². The van der Waals surface area contributed by atoms with Crippen LogP contribution in [0.25, 0.3) is 11.6 Å². The van der Waals surface area contributed by atoms with Gasteiger partial charge in [-0.1, -0.05) is 29.8 Å². The number of anilines is 2. The number of halogens is 2. The van der Waals surface area contributed by atoms with Gasteiger partial charge in [-0.15, -0.1) is 0 Å². The van der Waals surface area contributed by atoms with E-state index >= 15 is 0 Å². The number of likely N-dealkylation sites (N-methyl/N-ethyl adjacent to an activating group) is 1. The molecule has 2 aromatic rings. The van der Waals surface area contributed by atoms with Gasteiger partial charge >= 0.3 is 0 Å². The van der Waals surface area contributed by atoms with Crippen LogP contribution in [0.3, 0.4) is 0 Å². The zero-order chi connectivity index (χ0) is 26.9. The van der Waals surface area contributed by atoms with Crippen LogP contribution in [0.2, 0.25) is 10.0 Å². The summed E-state index contributed by atoms with van der Waals surface area (Å²) in [4.78, 5) is 27.4. The molecule has 0 radical (unpaired) electrons. The number of likely N-dealkylation sites (tertiary alicyclic amines) is 1. The zero-order valence-corrected chi connectivity index (χ0v) is 23.2. The molecule has 0 spiro atoms. The Morgan fingerprint density at radius 2 is 1.95 bits per heavy atom. The van der Waals surface area contributed by atoms with Crippen LogP contribution in [0.15, 0.2) is 24.9 Å². The van der Waals surface area contributed by atoms with E-state index in [2.05, 4.69) is 40.7 Å². The Kier molecular flexibility index (Phi) is 8.16. The van der Waals surface area contributed by atoms with Gasteiger partial charge in [-0.25, -0.2) is 4.98 Å². The molecule has 1 aromatic carbocycles. The van der Waals surface area contributed by atoms with Gasteiger partial charge in [0, 0.05) is 68.7 Å². The quantitative estimate of drug-likeness (QED) is 0.474. The van der Waals surface area contributed by atoms with E-state index < -0.39 is 0 Å². The lowest BCUT2D eigenvalue weighted by molar-refractivity contribution is -0.133. The lowest BCUT2D eigenvalue weighted by Crippen LogP contribution is -2.62. The molecular formula is C26H32Cl2N6O3. The third-order valence-corrected chi connectivity index (χ3v) is 7.76. The van der Waals surface area contributed by atoms with Gasteiger partial charge in [0.15, 0.2) is 0 Å². The second-order valence-corrected chi connectivity index (χ2v) is 9.93. The molecule has 0 saturated carbocycles. The first-order valence-electron chi connectivity index (χ1n) is 12.0. The normalized spacial score (nSPS) is 16.1. The molecule has 0 aliphatic carbocycles. The summed E-state index contributed by atoms with van der Waals surface area (Å²) >= 11 is 13.5. The zero-order valence-electron chi connectivity index (χ0n) is 21.7. The van der Waals surface area contributed by atoms with Crippen LogP contribution < -0.4 is 19.7 Å². The highest BCUT2D eigenvalue weighted by Gasteiger charge is 2.35. The van der Waals surface area contributed by atoms with E-state index in [-0.39, 0.29) is 18.0 Å². The minimum absolute atomic E-state index is 0.0317. The number of hydrogen-bond donors (Lipinski definition) is 1. The summed E-state index contributed by atoms with van der Waals surface area (Å²) in [5.41, 5.74) is 2.42. The van der Waals surface area contributed by atoms with Crippen LogP contribution in [-0.2, 0) is 4.79 Å². The van der Waals surface area contributed by atoms with Gasteiger partial charge in [0.05, 0.1) is 24.3 Å². The molecule has 0 unspecified atom stereocenters. The van der Waals surface area contributed by atoms with Crippen molar-refractivity contribution in [3.63, 3.8) is 0 Å². The van der Waals surface area contributed by atoms with Gasteiger partial charge in [-0.05, 0) is 31.7 Å². The van der Waals surface area contributed by atoms with E-state index in [4.69, 9.17) is 37.7 Å². The third kappa shape index (κ3) is 5.21. The highest BCUT2D eigenvalue weighted by atomic mass is 35.5. The lowest BCUT2D eigenvalue weighted by atomic mass is 9.98. The number of methoxy groups -OCH3 is 2. The number of fused-ring (bicyclic) bond motifs is 1. The Morgan fingerprint density at radius 1 is 1.30 bits per heavy atom. The first-order chi connectivity index (χ1) is 17.7. The van der Waals surface area contributed by atoms with E-state index in [1.54, 1.807) is 38.4 Å². The summed E-state index contributed by atoms with van der Waals surface area (Å²) in [6, 6.07) is 2.13. The van der Waals surface area contributed by atoms with Crippen LogP contribution in [0.5, 0.6) is 11.5 Å². The molecule has 37 heavy (non-hydrogen) atoms. The predicted molar refractivity (Wildman–Crippen MR) is 149 cm³/mol. The van der Waals surface area contributed by atoms with Gasteiger partial charge in [0.2, 0.25) is 11.9 Å². The fraction of sp³-hybridized carbons (Fsp3) is 0.423.